The fraction of sp³-hybridized carbons (Fsp3) is 0.500. The van der Waals surface area contributed by atoms with E-state index in [-0.39, 0.29) is 24.2 Å². The molecule has 1 aliphatic rings. The van der Waals surface area contributed by atoms with E-state index in [2.05, 4.69) is 15.2 Å². The first-order chi connectivity index (χ1) is 11.9. The molecule has 2 aromatic rings. The van der Waals surface area contributed by atoms with Crippen LogP contribution in [0.15, 0.2) is 18.2 Å². The van der Waals surface area contributed by atoms with E-state index in [1.54, 1.807) is 16.2 Å². The van der Waals surface area contributed by atoms with Crippen LogP contribution in [0.2, 0.25) is 0 Å². The van der Waals surface area contributed by atoms with Crippen molar-refractivity contribution in [3.8, 4) is 0 Å². The Kier molecular flexibility index (Phi) is 5.34. The van der Waals surface area contributed by atoms with E-state index in [0.717, 1.165) is 33.9 Å². The molecule has 1 aromatic heterocycles. The average molecular weight is 360 g/mol. The maximum atomic E-state index is 12.4. The molecule has 0 bridgehead atoms. The van der Waals surface area contributed by atoms with Crippen LogP contribution in [-0.4, -0.2) is 55.4 Å². The summed E-state index contributed by atoms with van der Waals surface area (Å²) >= 11 is 1.64. The highest BCUT2D eigenvalue weighted by molar-refractivity contribution is 7.18. The van der Waals surface area contributed by atoms with E-state index in [9.17, 15) is 9.59 Å². The molecule has 0 radical (unpaired) electrons. The van der Waals surface area contributed by atoms with Gasteiger partial charge in [-0.3, -0.25) is 9.59 Å². The van der Waals surface area contributed by atoms with Gasteiger partial charge in [-0.05, 0) is 52.2 Å². The number of hydrogen-bond acceptors (Lipinski definition) is 5. The molecule has 1 fully saturated rings. The van der Waals surface area contributed by atoms with Gasteiger partial charge in [0.2, 0.25) is 11.8 Å². The lowest BCUT2D eigenvalue weighted by Gasteiger charge is -2.17. The second kappa shape index (κ2) is 7.49. The third kappa shape index (κ3) is 4.16. The van der Waals surface area contributed by atoms with Gasteiger partial charge in [-0.1, -0.05) is 0 Å². The Hall–Kier alpha value is -1.99. The SMILES string of the molecule is Cc1nc2cc(N3CC(C(=O)NCCCN(C)C)CC3=O)ccc2s1. The molecule has 1 unspecified atom stereocenters. The van der Waals surface area contributed by atoms with Gasteiger partial charge in [0.1, 0.15) is 0 Å². The van der Waals surface area contributed by atoms with E-state index in [1.165, 1.54) is 0 Å². The average Bonchev–Trinajstić information content (AvgIpc) is 3.12. The van der Waals surface area contributed by atoms with E-state index in [4.69, 9.17) is 0 Å². The molecule has 0 saturated carbocycles. The smallest absolute Gasteiger partial charge is 0.227 e. The Balaban J connectivity index is 1.62. The van der Waals surface area contributed by atoms with Crippen molar-refractivity contribution in [2.24, 2.45) is 5.92 Å². The monoisotopic (exact) mass is 360 g/mol. The summed E-state index contributed by atoms with van der Waals surface area (Å²) in [6, 6.07) is 5.88. The van der Waals surface area contributed by atoms with Crippen LogP contribution in [-0.2, 0) is 9.59 Å². The molecule has 25 heavy (non-hydrogen) atoms. The van der Waals surface area contributed by atoms with Crippen molar-refractivity contribution < 1.29 is 9.59 Å². The Morgan fingerprint density at radius 3 is 3.00 bits per heavy atom. The second-order valence-electron chi connectivity index (χ2n) is 6.74. The van der Waals surface area contributed by atoms with Crippen molar-refractivity contribution in [1.29, 1.82) is 0 Å². The van der Waals surface area contributed by atoms with Crippen LogP contribution in [0.3, 0.4) is 0 Å². The number of hydrogen-bond donors (Lipinski definition) is 1. The van der Waals surface area contributed by atoms with Gasteiger partial charge in [0, 0.05) is 25.2 Å². The first kappa shape index (κ1) is 17.8. The summed E-state index contributed by atoms with van der Waals surface area (Å²) in [5.41, 5.74) is 1.73. The standard InChI is InChI=1S/C18H24N4O2S/c1-12-20-15-10-14(5-6-16(15)25-12)22-11-13(9-17(22)23)18(24)19-7-4-8-21(2)3/h5-6,10,13H,4,7-9,11H2,1-3H3,(H,19,24). The molecule has 6 nitrogen and oxygen atoms in total. The molecular weight excluding hydrogens is 336 g/mol. The molecule has 0 spiro atoms. The van der Waals surface area contributed by atoms with Crippen LogP contribution in [0, 0.1) is 12.8 Å². The van der Waals surface area contributed by atoms with Crippen LogP contribution < -0.4 is 10.2 Å². The highest BCUT2D eigenvalue weighted by atomic mass is 32.1. The van der Waals surface area contributed by atoms with Crippen LogP contribution in [0.1, 0.15) is 17.8 Å². The quantitative estimate of drug-likeness (QED) is 0.801. The number of benzene rings is 1. The van der Waals surface area contributed by atoms with Gasteiger partial charge >= 0.3 is 0 Å². The molecule has 2 amide bonds. The summed E-state index contributed by atoms with van der Waals surface area (Å²) in [7, 11) is 4.02. The molecule has 7 heteroatoms. The van der Waals surface area contributed by atoms with Crippen molar-refractivity contribution in [3.05, 3.63) is 23.2 Å². The predicted molar refractivity (Wildman–Crippen MR) is 101 cm³/mol. The van der Waals surface area contributed by atoms with Crippen LogP contribution in [0.5, 0.6) is 0 Å². The number of anilines is 1. The van der Waals surface area contributed by atoms with Crippen LogP contribution in [0.4, 0.5) is 5.69 Å². The summed E-state index contributed by atoms with van der Waals surface area (Å²) in [6.07, 6.45) is 1.18. The third-order valence-corrected chi connectivity index (χ3v) is 5.32. The maximum absolute atomic E-state index is 12.4. The molecule has 1 atom stereocenters. The molecule has 1 aromatic carbocycles. The van der Waals surface area contributed by atoms with Gasteiger partial charge in [0.15, 0.2) is 0 Å². The Morgan fingerprint density at radius 2 is 2.24 bits per heavy atom. The first-order valence-electron chi connectivity index (χ1n) is 8.54. The number of nitrogens with zero attached hydrogens (tertiary/aromatic N) is 3. The zero-order chi connectivity index (χ0) is 18.0. The third-order valence-electron chi connectivity index (χ3n) is 4.37. The molecule has 0 aliphatic carbocycles. The van der Waals surface area contributed by atoms with Gasteiger partial charge in [-0.25, -0.2) is 4.98 Å². The lowest BCUT2D eigenvalue weighted by Crippen LogP contribution is -2.34. The van der Waals surface area contributed by atoms with Crippen LogP contribution >= 0.6 is 11.3 Å². The Bertz CT molecular complexity index is 786. The number of fused-ring (bicyclic) bond motifs is 1. The summed E-state index contributed by atoms with van der Waals surface area (Å²) in [4.78, 5) is 33.0. The molecular formula is C18H24N4O2S. The zero-order valence-corrected chi connectivity index (χ0v) is 15.7. The predicted octanol–water partition coefficient (Wildman–Crippen LogP) is 2.03. The van der Waals surface area contributed by atoms with Crippen molar-refractivity contribution >= 4 is 39.1 Å². The number of thiazole rings is 1. The number of nitrogens with one attached hydrogen (secondary N) is 1. The Morgan fingerprint density at radius 1 is 1.44 bits per heavy atom. The molecule has 3 rings (SSSR count). The largest absolute Gasteiger partial charge is 0.356 e. The zero-order valence-electron chi connectivity index (χ0n) is 14.9. The Labute approximate surface area is 151 Å². The lowest BCUT2D eigenvalue weighted by atomic mass is 10.1. The maximum Gasteiger partial charge on any atom is 0.227 e. The number of carbonyl (C=O) groups excluding carboxylic acids is 2. The van der Waals surface area contributed by atoms with Crippen molar-refractivity contribution in [1.82, 2.24) is 15.2 Å². The van der Waals surface area contributed by atoms with Gasteiger partial charge in [0.25, 0.3) is 0 Å². The topological polar surface area (TPSA) is 65.5 Å². The van der Waals surface area contributed by atoms with Crippen molar-refractivity contribution in [3.63, 3.8) is 0 Å². The highest BCUT2D eigenvalue weighted by Gasteiger charge is 2.35. The summed E-state index contributed by atoms with van der Waals surface area (Å²) < 4.78 is 1.11. The number of carbonyl (C=O) groups is 2. The van der Waals surface area contributed by atoms with E-state index in [0.29, 0.717) is 13.1 Å². The normalized spacial score (nSPS) is 17.7. The first-order valence-corrected chi connectivity index (χ1v) is 9.35. The van der Waals surface area contributed by atoms with Gasteiger partial charge in [-0.2, -0.15) is 0 Å². The summed E-state index contributed by atoms with van der Waals surface area (Å²) in [5.74, 6) is -0.306. The van der Waals surface area contributed by atoms with Crippen molar-refractivity contribution in [2.45, 2.75) is 19.8 Å². The molecule has 134 valence electrons. The number of rotatable bonds is 6. The lowest BCUT2D eigenvalue weighted by molar-refractivity contribution is -0.126. The van der Waals surface area contributed by atoms with E-state index in [1.807, 2.05) is 39.2 Å². The van der Waals surface area contributed by atoms with Crippen molar-refractivity contribution in [2.75, 3.05) is 38.6 Å². The van der Waals surface area contributed by atoms with Gasteiger partial charge < -0.3 is 15.1 Å². The molecule has 2 heterocycles. The fourth-order valence-electron chi connectivity index (χ4n) is 3.08. The highest BCUT2D eigenvalue weighted by Crippen LogP contribution is 2.30. The fourth-order valence-corrected chi connectivity index (χ4v) is 3.89. The van der Waals surface area contributed by atoms with E-state index >= 15 is 0 Å². The number of amides is 2. The molecule has 1 saturated heterocycles. The van der Waals surface area contributed by atoms with Gasteiger partial charge in [-0.15, -0.1) is 11.3 Å². The van der Waals surface area contributed by atoms with E-state index < -0.39 is 0 Å². The molecule has 1 aliphatic heterocycles. The second-order valence-corrected chi connectivity index (χ2v) is 7.97. The minimum Gasteiger partial charge on any atom is -0.356 e. The summed E-state index contributed by atoms with van der Waals surface area (Å²) in [6.45, 7) is 3.99. The number of aryl methyl sites for hydroxylation is 1. The number of aromatic nitrogens is 1. The van der Waals surface area contributed by atoms with Crippen LogP contribution in [0.25, 0.3) is 10.2 Å². The summed E-state index contributed by atoms with van der Waals surface area (Å²) in [5, 5.41) is 3.96. The van der Waals surface area contributed by atoms with Gasteiger partial charge in [0.05, 0.1) is 21.1 Å². The minimum atomic E-state index is -0.278. The minimum absolute atomic E-state index is 0.000238. The molecule has 1 N–H and O–H groups in total.